The Hall–Kier alpha value is -2.92. The summed E-state index contributed by atoms with van der Waals surface area (Å²) in [7, 11) is 0. The lowest BCUT2D eigenvalue weighted by Crippen LogP contribution is -2.38. The zero-order valence-corrected chi connectivity index (χ0v) is 18.8. The average molecular weight is 429 g/mol. The van der Waals surface area contributed by atoms with Crippen molar-refractivity contribution >= 4 is 5.91 Å². The van der Waals surface area contributed by atoms with Crippen LogP contribution in [0.3, 0.4) is 0 Å². The smallest absolute Gasteiger partial charge is 0.274 e. The van der Waals surface area contributed by atoms with Gasteiger partial charge in [0.05, 0.1) is 6.04 Å². The third-order valence-electron chi connectivity index (χ3n) is 6.91. The van der Waals surface area contributed by atoms with Gasteiger partial charge in [-0.25, -0.2) is 0 Å². The van der Waals surface area contributed by atoms with Crippen LogP contribution >= 0.6 is 0 Å². The minimum absolute atomic E-state index is 0.120. The molecule has 2 aliphatic rings. The van der Waals surface area contributed by atoms with E-state index in [4.69, 9.17) is 5.10 Å². The molecular weight excluding hydrogens is 396 g/mol. The number of nitrogens with one attached hydrogen (secondary N) is 1. The molecule has 1 amide bonds. The first kappa shape index (κ1) is 21.0. The fourth-order valence-electron chi connectivity index (χ4n) is 5.24. The molecule has 5 heteroatoms. The highest BCUT2D eigenvalue weighted by Gasteiger charge is 2.32. The lowest BCUT2D eigenvalue weighted by molar-refractivity contribution is 0.0785. The third-order valence-corrected chi connectivity index (χ3v) is 6.91. The van der Waals surface area contributed by atoms with E-state index in [-0.39, 0.29) is 11.9 Å². The molecule has 5 rings (SSSR count). The first-order chi connectivity index (χ1) is 15.7. The maximum atomic E-state index is 13.2. The van der Waals surface area contributed by atoms with Crippen molar-refractivity contribution in [3.8, 4) is 0 Å². The standard InChI is InChI=1S/C27H32N4O/c1-2-31-24-16-15-22(19-23(24)26(29-31)27(32)30-17-9-10-18-30)28-25(20-11-5-3-6-12-20)21-13-7-4-8-14-21/h3-8,11-14,22,25,28H,2,9-10,15-19H2,1H3. The van der Waals surface area contributed by atoms with Gasteiger partial charge in [0.2, 0.25) is 0 Å². The van der Waals surface area contributed by atoms with Gasteiger partial charge in [-0.1, -0.05) is 60.7 Å². The fraction of sp³-hybridized carbons (Fsp3) is 0.407. The van der Waals surface area contributed by atoms with Gasteiger partial charge < -0.3 is 10.2 Å². The number of amides is 1. The number of hydrogen-bond acceptors (Lipinski definition) is 3. The van der Waals surface area contributed by atoms with Crippen LogP contribution in [0, 0.1) is 0 Å². The van der Waals surface area contributed by atoms with Crippen LogP contribution in [0.1, 0.15) is 65.1 Å². The highest BCUT2D eigenvalue weighted by molar-refractivity contribution is 5.94. The Bertz CT molecular complexity index is 1010. The number of likely N-dealkylation sites (tertiary alicyclic amines) is 1. The van der Waals surface area contributed by atoms with Crippen molar-refractivity contribution in [2.24, 2.45) is 0 Å². The number of hydrogen-bond donors (Lipinski definition) is 1. The van der Waals surface area contributed by atoms with Crippen LogP contribution in [0.4, 0.5) is 0 Å². The molecule has 1 atom stereocenters. The van der Waals surface area contributed by atoms with E-state index in [9.17, 15) is 4.79 Å². The van der Waals surface area contributed by atoms with Crippen molar-refractivity contribution in [1.82, 2.24) is 20.0 Å². The Balaban J connectivity index is 1.42. The maximum absolute atomic E-state index is 13.2. The molecule has 5 nitrogen and oxygen atoms in total. The second-order valence-electron chi connectivity index (χ2n) is 8.95. The van der Waals surface area contributed by atoms with Crippen LogP contribution in [0.2, 0.25) is 0 Å². The van der Waals surface area contributed by atoms with E-state index in [0.717, 1.165) is 57.3 Å². The molecule has 3 aromatic rings. The van der Waals surface area contributed by atoms with Gasteiger partial charge in [0, 0.05) is 36.9 Å². The van der Waals surface area contributed by atoms with Gasteiger partial charge >= 0.3 is 0 Å². The SMILES string of the molecule is CCn1nc(C(=O)N2CCCC2)c2c1CCC(NC(c1ccccc1)c1ccccc1)C2. The lowest BCUT2D eigenvalue weighted by atomic mass is 9.89. The molecule has 2 heterocycles. The van der Waals surface area contributed by atoms with Gasteiger partial charge in [0.15, 0.2) is 5.69 Å². The summed E-state index contributed by atoms with van der Waals surface area (Å²) in [6, 6.07) is 21.7. The summed E-state index contributed by atoms with van der Waals surface area (Å²) in [5, 5.41) is 8.71. The van der Waals surface area contributed by atoms with E-state index < -0.39 is 0 Å². The van der Waals surface area contributed by atoms with Crippen molar-refractivity contribution in [1.29, 1.82) is 0 Å². The largest absolute Gasteiger partial charge is 0.337 e. The molecule has 1 aliphatic heterocycles. The summed E-state index contributed by atoms with van der Waals surface area (Å²) in [6.07, 6.45) is 5.05. The van der Waals surface area contributed by atoms with E-state index >= 15 is 0 Å². The Labute approximate surface area is 190 Å². The molecule has 166 valence electrons. The zero-order chi connectivity index (χ0) is 21.9. The monoisotopic (exact) mass is 428 g/mol. The second kappa shape index (κ2) is 9.29. The molecule has 1 aromatic heterocycles. The molecule has 1 aliphatic carbocycles. The number of aryl methyl sites for hydroxylation is 1. The molecule has 0 bridgehead atoms. The number of nitrogens with zero attached hydrogens (tertiary/aromatic N) is 3. The summed E-state index contributed by atoms with van der Waals surface area (Å²) >= 11 is 0. The summed E-state index contributed by atoms with van der Waals surface area (Å²) in [6.45, 7) is 4.64. The summed E-state index contributed by atoms with van der Waals surface area (Å²) in [5.74, 6) is 0.120. The molecule has 1 unspecified atom stereocenters. The molecule has 0 spiro atoms. The number of fused-ring (bicyclic) bond motifs is 1. The first-order valence-corrected chi connectivity index (χ1v) is 12.0. The quantitative estimate of drug-likeness (QED) is 0.634. The molecule has 0 radical (unpaired) electrons. The summed E-state index contributed by atoms with van der Waals surface area (Å²) in [4.78, 5) is 15.2. The van der Waals surface area contributed by atoms with E-state index in [0.29, 0.717) is 11.7 Å². The Kier molecular flexibility index (Phi) is 6.08. The van der Waals surface area contributed by atoms with Crippen molar-refractivity contribution < 1.29 is 4.79 Å². The van der Waals surface area contributed by atoms with Crippen molar-refractivity contribution in [2.75, 3.05) is 13.1 Å². The van der Waals surface area contributed by atoms with Crippen LogP contribution in [0.5, 0.6) is 0 Å². The molecule has 2 aromatic carbocycles. The predicted molar refractivity (Wildman–Crippen MR) is 127 cm³/mol. The lowest BCUT2D eigenvalue weighted by Gasteiger charge is -2.30. The molecule has 1 N–H and O–H groups in total. The summed E-state index contributed by atoms with van der Waals surface area (Å²) < 4.78 is 2.06. The van der Waals surface area contributed by atoms with Crippen molar-refractivity contribution in [2.45, 2.75) is 57.7 Å². The van der Waals surface area contributed by atoms with E-state index in [1.54, 1.807) is 0 Å². The van der Waals surface area contributed by atoms with Gasteiger partial charge in [-0.15, -0.1) is 0 Å². The van der Waals surface area contributed by atoms with Gasteiger partial charge in [-0.05, 0) is 50.2 Å². The fourth-order valence-corrected chi connectivity index (χ4v) is 5.24. The number of benzene rings is 2. The molecular formula is C27H32N4O. The second-order valence-corrected chi connectivity index (χ2v) is 8.95. The zero-order valence-electron chi connectivity index (χ0n) is 18.8. The van der Waals surface area contributed by atoms with Crippen molar-refractivity contribution in [3.05, 3.63) is 88.7 Å². The van der Waals surface area contributed by atoms with Gasteiger partial charge in [0.1, 0.15) is 0 Å². The first-order valence-electron chi connectivity index (χ1n) is 12.0. The molecule has 32 heavy (non-hydrogen) atoms. The van der Waals surface area contributed by atoms with E-state index in [1.165, 1.54) is 16.8 Å². The van der Waals surface area contributed by atoms with Crippen LogP contribution < -0.4 is 5.32 Å². The Morgan fingerprint density at radius 1 is 1.03 bits per heavy atom. The van der Waals surface area contributed by atoms with Gasteiger partial charge in [0.25, 0.3) is 5.91 Å². The number of aromatic nitrogens is 2. The number of carbonyl (C=O) groups is 1. The molecule has 1 saturated heterocycles. The van der Waals surface area contributed by atoms with Crippen LogP contribution in [0.15, 0.2) is 60.7 Å². The van der Waals surface area contributed by atoms with E-state index in [1.807, 2.05) is 4.90 Å². The number of carbonyl (C=O) groups excluding carboxylic acids is 1. The normalized spacial score (nSPS) is 18.2. The van der Waals surface area contributed by atoms with Crippen molar-refractivity contribution in [3.63, 3.8) is 0 Å². The van der Waals surface area contributed by atoms with Crippen LogP contribution in [0.25, 0.3) is 0 Å². The topological polar surface area (TPSA) is 50.2 Å². The summed E-state index contributed by atoms with van der Waals surface area (Å²) in [5.41, 5.74) is 5.63. The van der Waals surface area contributed by atoms with Gasteiger partial charge in [-0.2, -0.15) is 5.10 Å². The van der Waals surface area contributed by atoms with Crippen LogP contribution in [-0.2, 0) is 19.4 Å². The molecule has 0 saturated carbocycles. The van der Waals surface area contributed by atoms with Crippen LogP contribution in [-0.4, -0.2) is 39.7 Å². The highest BCUT2D eigenvalue weighted by atomic mass is 16.2. The third kappa shape index (κ3) is 4.09. The predicted octanol–water partition coefficient (Wildman–Crippen LogP) is 4.38. The van der Waals surface area contributed by atoms with Gasteiger partial charge in [-0.3, -0.25) is 9.48 Å². The highest BCUT2D eigenvalue weighted by Crippen LogP contribution is 2.30. The minimum Gasteiger partial charge on any atom is -0.337 e. The Morgan fingerprint density at radius 2 is 1.66 bits per heavy atom. The minimum atomic E-state index is 0.120. The molecule has 1 fully saturated rings. The maximum Gasteiger partial charge on any atom is 0.274 e. The Morgan fingerprint density at radius 3 is 2.25 bits per heavy atom. The average Bonchev–Trinajstić information content (AvgIpc) is 3.51. The van der Waals surface area contributed by atoms with E-state index in [2.05, 4.69) is 77.6 Å². The number of rotatable bonds is 6.